The molecule has 1 aliphatic carbocycles. The molecule has 0 unspecified atom stereocenters. The van der Waals surface area contributed by atoms with Crippen LogP contribution in [-0.4, -0.2) is 22.1 Å². The first-order valence-electron chi connectivity index (χ1n) is 6.75. The van der Waals surface area contributed by atoms with Gasteiger partial charge in [-0.15, -0.1) is 0 Å². The van der Waals surface area contributed by atoms with Gasteiger partial charge >= 0.3 is 0 Å². The van der Waals surface area contributed by atoms with Gasteiger partial charge in [-0.05, 0) is 43.9 Å². The lowest BCUT2D eigenvalue weighted by Crippen LogP contribution is -2.33. The Bertz CT molecular complexity index is 575. The summed E-state index contributed by atoms with van der Waals surface area (Å²) in [6.45, 7) is 0. The van der Waals surface area contributed by atoms with Crippen molar-refractivity contribution < 1.29 is 0 Å². The molecule has 1 fully saturated rings. The zero-order valence-corrected chi connectivity index (χ0v) is 10.8. The predicted molar refractivity (Wildman–Crippen MR) is 77.8 cm³/mol. The van der Waals surface area contributed by atoms with Crippen LogP contribution in [0.15, 0.2) is 24.4 Å². The summed E-state index contributed by atoms with van der Waals surface area (Å²) in [6, 6.07) is 6.41. The van der Waals surface area contributed by atoms with E-state index in [1.165, 1.54) is 0 Å². The maximum atomic E-state index is 5.91. The molecule has 1 saturated carbocycles. The second kappa shape index (κ2) is 5.01. The summed E-state index contributed by atoms with van der Waals surface area (Å²) in [6.07, 6.45) is 6.13. The third kappa shape index (κ3) is 2.76. The number of nitrogens with one attached hydrogen (secondary N) is 1. The van der Waals surface area contributed by atoms with Crippen LogP contribution in [0.5, 0.6) is 0 Å². The zero-order chi connectivity index (χ0) is 13.2. The highest BCUT2D eigenvalue weighted by Gasteiger charge is 2.18. The number of rotatable bonds is 2. The first-order valence-corrected chi connectivity index (χ1v) is 6.75. The minimum atomic E-state index is 0.365. The van der Waals surface area contributed by atoms with Gasteiger partial charge in [0.15, 0.2) is 0 Å². The van der Waals surface area contributed by atoms with Gasteiger partial charge in [0.05, 0.1) is 17.2 Å². The standard InChI is InChI=1S/C14H19N5/c15-9-1-4-11(5-2-9)18-14-8-17-13-7-10(16)3-6-12(13)19-14/h3,6-9,11H,1-2,4-5,15-16H2,(H,18,19). The molecule has 1 heterocycles. The Morgan fingerprint density at radius 2 is 1.89 bits per heavy atom. The summed E-state index contributed by atoms with van der Waals surface area (Å²) in [5.41, 5.74) is 14.0. The van der Waals surface area contributed by atoms with Crippen LogP contribution in [-0.2, 0) is 0 Å². The molecule has 0 amide bonds. The summed E-state index contributed by atoms with van der Waals surface area (Å²) in [5.74, 6) is 0.831. The van der Waals surface area contributed by atoms with Crippen LogP contribution in [0.4, 0.5) is 11.5 Å². The van der Waals surface area contributed by atoms with E-state index in [-0.39, 0.29) is 0 Å². The second-order valence-corrected chi connectivity index (χ2v) is 5.26. The molecule has 5 heteroatoms. The molecule has 19 heavy (non-hydrogen) atoms. The average molecular weight is 257 g/mol. The number of nitrogens with two attached hydrogens (primary N) is 2. The smallest absolute Gasteiger partial charge is 0.145 e. The van der Waals surface area contributed by atoms with Crippen molar-refractivity contribution in [3.8, 4) is 0 Å². The topological polar surface area (TPSA) is 89.8 Å². The molecule has 1 aromatic carbocycles. The summed E-state index contributed by atoms with van der Waals surface area (Å²) in [7, 11) is 0. The van der Waals surface area contributed by atoms with Gasteiger partial charge in [-0.1, -0.05) is 0 Å². The molecule has 1 aliphatic rings. The Kier molecular flexibility index (Phi) is 3.21. The van der Waals surface area contributed by atoms with Crippen LogP contribution in [0.2, 0.25) is 0 Å². The van der Waals surface area contributed by atoms with Crippen molar-refractivity contribution in [1.29, 1.82) is 0 Å². The number of anilines is 2. The van der Waals surface area contributed by atoms with E-state index in [0.29, 0.717) is 17.8 Å². The molecule has 100 valence electrons. The van der Waals surface area contributed by atoms with Crippen LogP contribution in [0.3, 0.4) is 0 Å². The Hall–Kier alpha value is -1.88. The van der Waals surface area contributed by atoms with E-state index in [9.17, 15) is 0 Å². The lowest BCUT2D eigenvalue weighted by atomic mass is 9.92. The predicted octanol–water partition coefficient (Wildman–Crippen LogP) is 1.89. The van der Waals surface area contributed by atoms with Crippen molar-refractivity contribution in [2.24, 2.45) is 5.73 Å². The average Bonchev–Trinajstić information content (AvgIpc) is 2.42. The molecule has 2 aromatic rings. The fraction of sp³-hybridized carbons (Fsp3) is 0.429. The van der Waals surface area contributed by atoms with E-state index in [1.807, 2.05) is 18.2 Å². The number of nitrogen functional groups attached to an aromatic ring is 1. The van der Waals surface area contributed by atoms with Crippen molar-refractivity contribution in [3.05, 3.63) is 24.4 Å². The maximum Gasteiger partial charge on any atom is 0.145 e. The van der Waals surface area contributed by atoms with Gasteiger partial charge in [-0.25, -0.2) is 4.98 Å². The Labute approximate surface area is 112 Å². The van der Waals surface area contributed by atoms with Crippen LogP contribution in [0.25, 0.3) is 11.0 Å². The summed E-state index contributed by atoms with van der Waals surface area (Å²) in [4.78, 5) is 8.96. The van der Waals surface area contributed by atoms with E-state index in [2.05, 4.69) is 15.3 Å². The highest BCUT2D eigenvalue weighted by Crippen LogP contribution is 2.21. The number of hydrogen-bond acceptors (Lipinski definition) is 5. The van der Waals surface area contributed by atoms with Gasteiger partial charge in [0.1, 0.15) is 5.82 Å². The lowest BCUT2D eigenvalue weighted by molar-refractivity contribution is 0.410. The van der Waals surface area contributed by atoms with Gasteiger partial charge in [-0.2, -0.15) is 0 Å². The molecule has 3 rings (SSSR count). The molecule has 1 aromatic heterocycles. The Morgan fingerprint density at radius 1 is 1.11 bits per heavy atom. The number of hydrogen-bond donors (Lipinski definition) is 3. The van der Waals surface area contributed by atoms with Gasteiger partial charge < -0.3 is 16.8 Å². The van der Waals surface area contributed by atoms with Crippen molar-refractivity contribution in [1.82, 2.24) is 9.97 Å². The minimum absolute atomic E-state index is 0.365. The second-order valence-electron chi connectivity index (χ2n) is 5.26. The van der Waals surface area contributed by atoms with Crippen molar-refractivity contribution in [2.75, 3.05) is 11.1 Å². The molecule has 5 N–H and O–H groups in total. The van der Waals surface area contributed by atoms with Crippen molar-refractivity contribution in [3.63, 3.8) is 0 Å². The molecule has 0 aliphatic heterocycles. The third-order valence-corrected chi connectivity index (χ3v) is 3.69. The third-order valence-electron chi connectivity index (χ3n) is 3.69. The van der Waals surface area contributed by atoms with Crippen LogP contribution < -0.4 is 16.8 Å². The van der Waals surface area contributed by atoms with E-state index < -0.39 is 0 Å². The van der Waals surface area contributed by atoms with Crippen LogP contribution in [0, 0.1) is 0 Å². The first-order chi connectivity index (χ1) is 9.20. The number of aromatic nitrogens is 2. The van der Waals surface area contributed by atoms with E-state index in [1.54, 1.807) is 6.20 Å². The van der Waals surface area contributed by atoms with Gasteiger partial charge in [-0.3, -0.25) is 4.98 Å². The lowest BCUT2D eigenvalue weighted by Gasteiger charge is -2.27. The monoisotopic (exact) mass is 257 g/mol. The fourth-order valence-corrected chi connectivity index (χ4v) is 2.57. The van der Waals surface area contributed by atoms with Crippen molar-refractivity contribution in [2.45, 2.75) is 37.8 Å². The van der Waals surface area contributed by atoms with Gasteiger partial charge in [0.25, 0.3) is 0 Å². The van der Waals surface area contributed by atoms with Gasteiger partial charge in [0, 0.05) is 17.8 Å². The number of benzene rings is 1. The van der Waals surface area contributed by atoms with Crippen molar-refractivity contribution >= 4 is 22.5 Å². The van der Waals surface area contributed by atoms with E-state index >= 15 is 0 Å². The molecular formula is C14H19N5. The maximum absolute atomic E-state index is 5.91. The quantitative estimate of drug-likeness (QED) is 0.715. The van der Waals surface area contributed by atoms with E-state index in [0.717, 1.165) is 42.5 Å². The molecule has 0 spiro atoms. The van der Waals surface area contributed by atoms with Crippen LogP contribution in [0.1, 0.15) is 25.7 Å². The van der Waals surface area contributed by atoms with E-state index in [4.69, 9.17) is 11.5 Å². The normalized spacial score (nSPS) is 23.4. The molecule has 0 saturated heterocycles. The zero-order valence-electron chi connectivity index (χ0n) is 10.8. The minimum Gasteiger partial charge on any atom is -0.399 e. The van der Waals surface area contributed by atoms with Gasteiger partial charge in [0.2, 0.25) is 0 Å². The number of fused-ring (bicyclic) bond motifs is 1. The summed E-state index contributed by atoms with van der Waals surface area (Å²) < 4.78 is 0. The Balaban J connectivity index is 1.76. The summed E-state index contributed by atoms with van der Waals surface area (Å²) in [5, 5.41) is 3.45. The fourth-order valence-electron chi connectivity index (χ4n) is 2.57. The molecule has 0 bridgehead atoms. The van der Waals surface area contributed by atoms with Crippen LogP contribution >= 0.6 is 0 Å². The first kappa shape index (κ1) is 12.2. The Morgan fingerprint density at radius 3 is 2.68 bits per heavy atom. The molecule has 0 atom stereocenters. The molecular weight excluding hydrogens is 238 g/mol. The summed E-state index contributed by atoms with van der Waals surface area (Å²) >= 11 is 0. The largest absolute Gasteiger partial charge is 0.399 e. The molecule has 0 radical (unpaired) electrons. The molecule has 5 nitrogen and oxygen atoms in total. The highest BCUT2D eigenvalue weighted by atomic mass is 15.0. The SMILES string of the molecule is Nc1ccc2nc(NC3CCC(N)CC3)cnc2c1. The highest BCUT2D eigenvalue weighted by molar-refractivity contribution is 5.79. The number of nitrogens with zero attached hydrogens (tertiary/aromatic N) is 2.